The van der Waals surface area contributed by atoms with Crippen molar-refractivity contribution in [3.63, 3.8) is 0 Å². The van der Waals surface area contributed by atoms with Crippen molar-refractivity contribution in [1.29, 1.82) is 0 Å². The molecule has 11 heteroatoms. The Hall–Kier alpha value is -2.82. The third kappa shape index (κ3) is 3.58. The molecule has 11 nitrogen and oxygen atoms in total. The highest BCUT2D eigenvalue weighted by molar-refractivity contribution is 5.73. The molecular weight excluding hydrogens is 264 g/mol. The third-order valence-corrected chi connectivity index (χ3v) is 2.26. The second-order valence-electron chi connectivity index (χ2n) is 3.76. The third-order valence-electron chi connectivity index (χ3n) is 2.26. The van der Waals surface area contributed by atoms with Gasteiger partial charge >= 0.3 is 0 Å². The van der Waals surface area contributed by atoms with Gasteiger partial charge in [-0.15, -0.1) is 0 Å². The molecule has 0 saturated carbocycles. The number of carbonyl (C=O) groups excluding carboxylic acids is 1. The van der Waals surface area contributed by atoms with Crippen molar-refractivity contribution >= 4 is 17.8 Å². The van der Waals surface area contributed by atoms with Gasteiger partial charge in [0, 0.05) is 13.0 Å². The van der Waals surface area contributed by atoms with Crippen molar-refractivity contribution in [2.45, 2.75) is 12.8 Å². The zero-order valence-electron chi connectivity index (χ0n) is 10.5. The number of anilines is 2. The molecular formula is C9H14N10O. The van der Waals surface area contributed by atoms with Crippen molar-refractivity contribution in [2.75, 3.05) is 17.3 Å². The van der Waals surface area contributed by atoms with Crippen molar-refractivity contribution in [3.8, 4) is 5.95 Å². The van der Waals surface area contributed by atoms with Gasteiger partial charge in [-0.3, -0.25) is 10.2 Å². The molecule has 2 heterocycles. The van der Waals surface area contributed by atoms with Crippen molar-refractivity contribution in [1.82, 2.24) is 29.7 Å². The molecule has 106 valence electrons. The van der Waals surface area contributed by atoms with E-state index in [-0.39, 0.29) is 24.2 Å². The molecule has 0 aliphatic heterocycles. The maximum Gasteiger partial charge on any atom is 0.258 e. The Labute approximate surface area is 113 Å². The molecule has 0 saturated heterocycles. The van der Waals surface area contributed by atoms with E-state index in [1.807, 2.05) is 0 Å². The summed E-state index contributed by atoms with van der Waals surface area (Å²) in [6, 6.07) is 0. The van der Waals surface area contributed by atoms with Gasteiger partial charge < -0.3 is 11.1 Å². The fourth-order valence-electron chi connectivity index (χ4n) is 1.39. The maximum absolute atomic E-state index is 10.6. The fraction of sp³-hybridized carbons (Fsp3) is 0.333. The molecule has 0 atom stereocenters. The number of amides is 1. The van der Waals surface area contributed by atoms with E-state index in [1.54, 1.807) is 0 Å². The zero-order valence-corrected chi connectivity index (χ0v) is 10.5. The van der Waals surface area contributed by atoms with Crippen molar-refractivity contribution < 1.29 is 4.79 Å². The Morgan fingerprint density at radius 2 is 2.10 bits per heavy atom. The summed E-state index contributed by atoms with van der Waals surface area (Å²) in [5.41, 5.74) is 7.39. The molecule has 0 unspecified atom stereocenters. The lowest BCUT2D eigenvalue weighted by Crippen LogP contribution is -2.17. The molecule has 20 heavy (non-hydrogen) atoms. The van der Waals surface area contributed by atoms with Crippen LogP contribution in [0.3, 0.4) is 0 Å². The van der Waals surface area contributed by atoms with Crippen LogP contribution in [0.5, 0.6) is 0 Å². The highest BCUT2D eigenvalue weighted by atomic mass is 16.1. The van der Waals surface area contributed by atoms with Gasteiger partial charge in [0.15, 0.2) is 0 Å². The van der Waals surface area contributed by atoms with Gasteiger partial charge in [0.2, 0.25) is 17.8 Å². The van der Waals surface area contributed by atoms with E-state index in [2.05, 4.69) is 35.8 Å². The van der Waals surface area contributed by atoms with E-state index in [1.165, 1.54) is 17.3 Å². The lowest BCUT2D eigenvalue weighted by atomic mass is 10.3. The topological polar surface area (TPSA) is 163 Å². The van der Waals surface area contributed by atoms with Crippen LogP contribution in [0.1, 0.15) is 12.8 Å². The Bertz CT molecular complexity index is 568. The average Bonchev–Trinajstić information content (AvgIpc) is 2.97. The van der Waals surface area contributed by atoms with E-state index in [0.29, 0.717) is 18.9 Å². The number of nitrogens with two attached hydrogens (primary N) is 2. The predicted molar refractivity (Wildman–Crippen MR) is 69.5 cm³/mol. The number of hydrazine groups is 1. The molecule has 0 aliphatic carbocycles. The van der Waals surface area contributed by atoms with E-state index < -0.39 is 0 Å². The summed E-state index contributed by atoms with van der Waals surface area (Å²) in [6.07, 6.45) is 3.67. The first-order chi connectivity index (χ1) is 9.69. The van der Waals surface area contributed by atoms with Crippen LogP contribution >= 0.6 is 0 Å². The summed E-state index contributed by atoms with van der Waals surface area (Å²) < 4.78 is 1.37. The van der Waals surface area contributed by atoms with Crippen LogP contribution in [0.4, 0.5) is 11.9 Å². The van der Waals surface area contributed by atoms with Crippen molar-refractivity contribution in [3.05, 3.63) is 12.7 Å². The van der Waals surface area contributed by atoms with Gasteiger partial charge in [-0.2, -0.15) is 24.7 Å². The van der Waals surface area contributed by atoms with E-state index >= 15 is 0 Å². The normalized spacial score (nSPS) is 10.2. The average molecular weight is 278 g/mol. The Morgan fingerprint density at radius 3 is 2.75 bits per heavy atom. The first kappa shape index (κ1) is 13.6. The molecule has 0 bridgehead atoms. The van der Waals surface area contributed by atoms with Crippen LogP contribution in [0.2, 0.25) is 0 Å². The Balaban J connectivity index is 2.08. The van der Waals surface area contributed by atoms with Crippen molar-refractivity contribution in [2.24, 2.45) is 11.6 Å². The molecule has 2 aromatic heterocycles. The first-order valence-corrected chi connectivity index (χ1v) is 5.79. The highest BCUT2D eigenvalue weighted by Crippen LogP contribution is 2.07. The minimum atomic E-state index is -0.352. The van der Waals surface area contributed by atoms with Crippen LogP contribution < -0.4 is 22.3 Å². The Kier molecular flexibility index (Phi) is 4.34. The van der Waals surface area contributed by atoms with Gasteiger partial charge in [-0.25, -0.2) is 10.8 Å². The molecule has 0 radical (unpaired) electrons. The van der Waals surface area contributed by atoms with E-state index in [4.69, 9.17) is 11.6 Å². The number of carbonyl (C=O) groups is 1. The fourth-order valence-corrected chi connectivity index (χ4v) is 1.39. The number of rotatable bonds is 7. The standard InChI is InChI=1S/C9H14N10O/c10-6(20)2-1-3-13-7-15-8(18-11)17-9(16-7)19-5-12-4-14-19/h4-5H,1-3,11H2,(H2,10,20)(H2,13,15,16,17,18). The molecule has 0 fully saturated rings. The quantitative estimate of drug-likeness (QED) is 0.266. The first-order valence-electron chi connectivity index (χ1n) is 5.79. The van der Waals surface area contributed by atoms with Gasteiger partial charge in [-0.05, 0) is 6.42 Å². The summed E-state index contributed by atoms with van der Waals surface area (Å²) in [5, 5.41) is 6.87. The minimum absolute atomic E-state index is 0.183. The molecule has 0 aliphatic rings. The summed E-state index contributed by atoms with van der Waals surface area (Å²) in [7, 11) is 0. The number of nitrogen functional groups attached to an aromatic ring is 1. The molecule has 2 aromatic rings. The largest absolute Gasteiger partial charge is 0.370 e. The van der Waals surface area contributed by atoms with Crippen LogP contribution in [-0.2, 0) is 4.79 Å². The van der Waals surface area contributed by atoms with Crippen LogP contribution in [0.25, 0.3) is 5.95 Å². The second kappa shape index (κ2) is 6.38. The summed E-state index contributed by atoms with van der Waals surface area (Å²) in [5.74, 6) is 5.70. The summed E-state index contributed by atoms with van der Waals surface area (Å²) in [6.45, 7) is 0.494. The van der Waals surface area contributed by atoms with E-state index in [0.717, 1.165) is 0 Å². The number of nitrogens with one attached hydrogen (secondary N) is 2. The molecule has 2 rings (SSSR count). The minimum Gasteiger partial charge on any atom is -0.370 e. The maximum atomic E-state index is 10.6. The van der Waals surface area contributed by atoms with Gasteiger partial charge in [0.05, 0.1) is 0 Å². The number of hydrogen-bond acceptors (Lipinski definition) is 9. The molecule has 0 aromatic carbocycles. The number of nitrogens with zero attached hydrogens (tertiary/aromatic N) is 6. The monoisotopic (exact) mass is 278 g/mol. The number of aromatic nitrogens is 6. The van der Waals surface area contributed by atoms with Gasteiger partial charge in [-0.1, -0.05) is 0 Å². The smallest absolute Gasteiger partial charge is 0.258 e. The SMILES string of the molecule is NNc1nc(NCCCC(N)=O)nc(-n2cncn2)n1. The highest BCUT2D eigenvalue weighted by Gasteiger charge is 2.08. The Morgan fingerprint density at radius 1 is 1.30 bits per heavy atom. The predicted octanol–water partition coefficient (Wildman–Crippen LogP) is -1.58. The summed E-state index contributed by atoms with van der Waals surface area (Å²) >= 11 is 0. The van der Waals surface area contributed by atoms with Gasteiger partial charge in [0.25, 0.3) is 5.95 Å². The molecule has 6 N–H and O–H groups in total. The van der Waals surface area contributed by atoms with Gasteiger partial charge in [0.1, 0.15) is 12.7 Å². The number of hydrogen-bond donors (Lipinski definition) is 4. The molecule has 0 spiro atoms. The lowest BCUT2D eigenvalue weighted by molar-refractivity contribution is -0.118. The van der Waals surface area contributed by atoms with E-state index in [9.17, 15) is 4.79 Å². The zero-order chi connectivity index (χ0) is 14.4. The molecule has 1 amide bonds. The van der Waals surface area contributed by atoms with Crippen LogP contribution in [0, 0.1) is 0 Å². The summed E-state index contributed by atoms with van der Waals surface area (Å²) in [4.78, 5) is 26.7. The lowest BCUT2D eigenvalue weighted by Gasteiger charge is -2.07. The van der Waals surface area contributed by atoms with Crippen LogP contribution in [-0.4, -0.2) is 42.2 Å². The number of primary amides is 1. The van der Waals surface area contributed by atoms with Crippen LogP contribution in [0.15, 0.2) is 12.7 Å². The second-order valence-corrected chi connectivity index (χ2v) is 3.76.